The molecule has 2 nitrogen and oxygen atoms in total. The van der Waals surface area contributed by atoms with E-state index in [-0.39, 0.29) is 5.82 Å². The van der Waals surface area contributed by atoms with E-state index < -0.39 is 0 Å². The fourth-order valence-electron chi connectivity index (χ4n) is 2.18. The molecule has 0 saturated carbocycles. The number of benzene rings is 2. The molecule has 0 bridgehead atoms. The van der Waals surface area contributed by atoms with Crippen LogP contribution in [0.3, 0.4) is 0 Å². The zero-order valence-electron chi connectivity index (χ0n) is 11.4. The van der Waals surface area contributed by atoms with E-state index in [0.29, 0.717) is 6.54 Å². The molecule has 0 atom stereocenters. The van der Waals surface area contributed by atoms with Gasteiger partial charge in [-0.2, -0.15) is 0 Å². The van der Waals surface area contributed by atoms with Crippen LogP contribution in [0.25, 0.3) is 21.7 Å². The Morgan fingerprint density at radius 3 is 2.33 bits per heavy atom. The predicted molar refractivity (Wildman–Crippen MR) is 85.7 cm³/mol. The number of nitrogens with two attached hydrogens (primary N) is 1. The molecule has 3 rings (SSSR count). The third-order valence-electron chi connectivity index (χ3n) is 3.18. The molecule has 0 unspecified atom stereocenters. The van der Waals surface area contributed by atoms with Crippen LogP contribution in [-0.4, -0.2) is 11.5 Å². The topological polar surface area (TPSA) is 38.9 Å². The van der Waals surface area contributed by atoms with Crippen molar-refractivity contribution in [1.82, 2.24) is 4.98 Å². The summed E-state index contributed by atoms with van der Waals surface area (Å²) >= 11 is 1.62. The molecule has 4 heteroatoms. The number of thiazole rings is 1. The number of nitrogens with zero attached hydrogens (tertiary/aromatic N) is 1. The quantitative estimate of drug-likeness (QED) is 0.787. The van der Waals surface area contributed by atoms with Crippen LogP contribution in [0.4, 0.5) is 4.39 Å². The summed E-state index contributed by atoms with van der Waals surface area (Å²) in [5.74, 6) is -0.230. The smallest absolute Gasteiger partial charge is 0.123 e. The van der Waals surface area contributed by atoms with Crippen LogP contribution in [0.15, 0.2) is 54.6 Å². The van der Waals surface area contributed by atoms with Gasteiger partial charge in [-0.3, -0.25) is 0 Å². The standard InChI is InChI=1S/C17H15FN2S/c18-14-8-6-13(7-9-14)17-16(12-4-2-1-3-5-12)20-15(21-17)10-11-19/h1-9H,10-11,19H2. The Kier molecular flexibility index (Phi) is 4.08. The van der Waals surface area contributed by atoms with Gasteiger partial charge in [0.15, 0.2) is 0 Å². The van der Waals surface area contributed by atoms with Crippen LogP contribution >= 0.6 is 11.3 Å². The molecular formula is C17H15FN2S. The van der Waals surface area contributed by atoms with Gasteiger partial charge in [0.05, 0.1) is 15.6 Å². The SMILES string of the molecule is NCCc1nc(-c2ccccc2)c(-c2ccc(F)cc2)s1. The molecule has 0 aliphatic heterocycles. The lowest BCUT2D eigenvalue weighted by atomic mass is 10.1. The molecule has 0 fully saturated rings. The molecule has 1 aromatic heterocycles. The molecule has 0 spiro atoms. The summed E-state index contributed by atoms with van der Waals surface area (Å²) in [4.78, 5) is 5.77. The van der Waals surface area contributed by atoms with Crippen LogP contribution in [0.1, 0.15) is 5.01 Å². The van der Waals surface area contributed by atoms with Crippen molar-refractivity contribution < 1.29 is 4.39 Å². The van der Waals surface area contributed by atoms with Crippen molar-refractivity contribution >= 4 is 11.3 Å². The number of hydrogen-bond donors (Lipinski definition) is 1. The summed E-state index contributed by atoms with van der Waals surface area (Å²) in [6, 6.07) is 16.6. The molecule has 0 radical (unpaired) electrons. The number of aromatic nitrogens is 1. The van der Waals surface area contributed by atoms with Gasteiger partial charge in [0.1, 0.15) is 5.82 Å². The zero-order valence-corrected chi connectivity index (χ0v) is 12.2. The average Bonchev–Trinajstić information content (AvgIpc) is 2.93. The first-order valence-corrected chi connectivity index (χ1v) is 7.60. The molecule has 2 N–H and O–H groups in total. The van der Waals surface area contributed by atoms with Crippen molar-refractivity contribution in [3.8, 4) is 21.7 Å². The summed E-state index contributed by atoms with van der Waals surface area (Å²) in [5.41, 5.74) is 8.62. The molecule has 3 aromatic rings. The Hall–Kier alpha value is -2.04. The van der Waals surface area contributed by atoms with Gasteiger partial charge in [0.25, 0.3) is 0 Å². The van der Waals surface area contributed by atoms with Crippen molar-refractivity contribution in [3.63, 3.8) is 0 Å². The minimum absolute atomic E-state index is 0.230. The second-order valence-corrected chi connectivity index (χ2v) is 5.78. The molecule has 2 aromatic carbocycles. The monoisotopic (exact) mass is 298 g/mol. The molecule has 106 valence electrons. The predicted octanol–water partition coefficient (Wildman–Crippen LogP) is 4.12. The summed E-state index contributed by atoms with van der Waals surface area (Å²) < 4.78 is 13.1. The van der Waals surface area contributed by atoms with E-state index in [4.69, 9.17) is 10.7 Å². The Balaban J connectivity index is 2.11. The number of hydrogen-bond acceptors (Lipinski definition) is 3. The zero-order chi connectivity index (χ0) is 14.7. The highest BCUT2D eigenvalue weighted by molar-refractivity contribution is 7.15. The maximum Gasteiger partial charge on any atom is 0.123 e. The fraction of sp³-hybridized carbons (Fsp3) is 0.118. The van der Waals surface area contributed by atoms with Gasteiger partial charge >= 0.3 is 0 Å². The molecule has 0 aliphatic carbocycles. The molecule has 0 saturated heterocycles. The van der Waals surface area contributed by atoms with E-state index in [9.17, 15) is 4.39 Å². The van der Waals surface area contributed by atoms with Gasteiger partial charge in [0.2, 0.25) is 0 Å². The molecule has 0 aliphatic rings. The second-order valence-electron chi connectivity index (χ2n) is 4.70. The Morgan fingerprint density at radius 2 is 1.67 bits per heavy atom. The van der Waals surface area contributed by atoms with Crippen LogP contribution in [0, 0.1) is 5.82 Å². The summed E-state index contributed by atoms with van der Waals surface area (Å²) in [7, 11) is 0. The number of rotatable bonds is 4. The summed E-state index contributed by atoms with van der Waals surface area (Å²) in [6.07, 6.45) is 0.756. The van der Waals surface area contributed by atoms with E-state index in [1.165, 1.54) is 12.1 Å². The highest BCUT2D eigenvalue weighted by Crippen LogP contribution is 2.36. The van der Waals surface area contributed by atoms with E-state index in [0.717, 1.165) is 33.1 Å². The third-order valence-corrected chi connectivity index (χ3v) is 4.35. The summed E-state index contributed by atoms with van der Waals surface area (Å²) in [6.45, 7) is 0.574. The maximum absolute atomic E-state index is 13.1. The number of halogens is 1. The van der Waals surface area contributed by atoms with Gasteiger partial charge in [-0.05, 0) is 24.2 Å². The van der Waals surface area contributed by atoms with E-state index in [2.05, 4.69) is 0 Å². The fourth-order valence-corrected chi connectivity index (χ4v) is 3.29. The Labute approximate surface area is 127 Å². The third kappa shape index (κ3) is 3.01. The van der Waals surface area contributed by atoms with Gasteiger partial charge in [-0.15, -0.1) is 11.3 Å². The normalized spacial score (nSPS) is 10.8. The van der Waals surface area contributed by atoms with Crippen molar-refractivity contribution in [2.75, 3.05) is 6.54 Å². The summed E-state index contributed by atoms with van der Waals surface area (Å²) in [5, 5.41) is 1.01. The van der Waals surface area contributed by atoms with Crippen LogP contribution in [0.5, 0.6) is 0 Å². The van der Waals surface area contributed by atoms with Crippen molar-refractivity contribution in [3.05, 3.63) is 65.4 Å². The maximum atomic E-state index is 13.1. The van der Waals surface area contributed by atoms with Crippen LogP contribution in [-0.2, 0) is 6.42 Å². The first-order valence-electron chi connectivity index (χ1n) is 6.79. The lowest BCUT2D eigenvalue weighted by Gasteiger charge is -2.02. The average molecular weight is 298 g/mol. The van der Waals surface area contributed by atoms with Crippen molar-refractivity contribution in [2.24, 2.45) is 5.73 Å². The first-order chi connectivity index (χ1) is 10.3. The highest BCUT2D eigenvalue weighted by Gasteiger charge is 2.14. The van der Waals surface area contributed by atoms with Crippen molar-refractivity contribution in [2.45, 2.75) is 6.42 Å². The minimum Gasteiger partial charge on any atom is -0.330 e. The lowest BCUT2D eigenvalue weighted by molar-refractivity contribution is 0.628. The van der Waals surface area contributed by atoms with Crippen LogP contribution in [0.2, 0.25) is 0 Å². The molecule has 1 heterocycles. The van der Waals surface area contributed by atoms with Crippen molar-refractivity contribution in [1.29, 1.82) is 0 Å². The minimum atomic E-state index is -0.230. The molecular weight excluding hydrogens is 283 g/mol. The molecule has 0 amide bonds. The molecule has 21 heavy (non-hydrogen) atoms. The first kappa shape index (κ1) is 13.9. The Morgan fingerprint density at radius 1 is 0.952 bits per heavy atom. The van der Waals surface area contributed by atoms with Gasteiger partial charge < -0.3 is 5.73 Å². The Bertz CT molecular complexity index is 720. The van der Waals surface area contributed by atoms with Gasteiger partial charge in [-0.1, -0.05) is 42.5 Å². The second kappa shape index (κ2) is 6.16. The largest absolute Gasteiger partial charge is 0.330 e. The highest BCUT2D eigenvalue weighted by atomic mass is 32.1. The van der Waals surface area contributed by atoms with Crippen LogP contribution < -0.4 is 5.73 Å². The van der Waals surface area contributed by atoms with E-state index in [1.807, 2.05) is 30.3 Å². The van der Waals surface area contributed by atoms with Gasteiger partial charge in [-0.25, -0.2) is 9.37 Å². The van der Waals surface area contributed by atoms with E-state index in [1.54, 1.807) is 23.5 Å². The lowest BCUT2D eigenvalue weighted by Crippen LogP contribution is -2.01. The van der Waals surface area contributed by atoms with Gasteiger partial charge in [0, 0.05) is 12.0 Å². The van der Waals surface area contributed by atoms with E-state index >= 15 is 0 Å².